The maximum Gasteiger partial charge on any atom is 0.257 e. The van der Waals surface area contributed by atoms with E-state index in [1.165, 1.54) is 16.2 Å². The number of hydrogen-bond acceptors (Lipinski definition) is 5. The predicted octanol–water partition coefficient (Wildman–Crippen LogP) is 4.41. The van der Waals surface area contributed by atoms with E-state index < -0.39 is 0 Å². The van der Waals surface area contributed by atoms with Crippen LogP contribution in [0.4, 0.5) is 16.4 Å². The van der Waals surface area contributed by atoms with Gasteiger partial charge in [0.1, 0.15) is 11.1 Å². The van der Waals surface area contributed by atoms with Crippen LogP contribution in [-0.2, 0) is 17.6 Å². The highest BCUT2D eigenvalue weighted by Crippen LogP contribution is 2.38. The molecule has 0 saturated carbocycles. The fourth-order valence-corrected chi connectivity index (χ4v) is 4.77. The van der Waals surface area contributed by atoms with Gasteiger partial charge in [0, 0.05) is 16.3 Å². The number of benzene rings is 2. The van der Waals surface area contributed by atoms with Crippen LogP contribution >= 0.6 is 11.3 Å². The Kier molecular flexibility index (Phi) is 5.77. The summed E-state index contributed by atoms with van der Waals surface area (Å²) in [6.45, 7) is -0.0108. The molecule has 2 amide bonds. The molecular formula is C23H20N4O2S. The van der Waals surface area contributed by atoms with Crippen molar-refractivity contribution in [1.29, 1.82) is 5.26 Å². The van der Waals surface area contributed by atoms with Gasteiger partial charge in [0.25, 0.3) is 5.91 Å². The molecule has 0 aliphatic heterocycles. The minimum atomic E-state index is -0.260. The Labute approximate surface area is 178 Å². The van der Waals surface area contributed by atoms with E-state index in [-0.39, 0.29) is 18.4 Å². The summed E-state index contributed by atoms with van der Waals surface area (Å²) in [5, 5.41) is 18.8. The van der Waals surface area contributed by atoms with Gasteiger partial charge in [-0.1, -0.05) is 30.3 Å². The molecule has 7 heteroatoms. The molecule has 4 rings (SSSR count). The van der Waals surface area contributed by atoms with Crippen LogP contribution in [0.5, 0.6) is 0 Å². The van der Waals surface area contributed by atoms with Crippen LogP contribution in [0, 0.1) is 11.3 Å². The smallest absolute Gasteiger partial charge is 0.257 e. The van der Waals surface area contributed by atoms with Crippen molar-refractivity contribution in [1.82, 2.24) is 0 Å². The number of amides is 2. The van der Waals surface area contributed by atoms with Crippen LogP contribution in [-0.4, -0.2) is 18.4 Å². The lowest BCUT2D eigenvalue weighted by Gasteiger charge is -2.12. The SMILES string of the molecule is N#Cc1c(NC(=O)CNc2ccccc2C(=O)Nc2ccccc2)sc2c1CCC2. The molecule has 6 nitrogen and oxygen atoms in total. The standard InChI is InChI=1S/C23H20N4O2S/c24-13-18-16-10-6-12-20(16)30-23(18)27-21(28)14-25-19-11-5-4-9-17(19)22(29)26-15-7-2-1-3-8-15/h1-5,7-9,11,25H,6,10,12,14H2,(H,26,29)(H,27,28). The Morgan fingerprint density at radius 2 is 1.77 bits per heavy atom. The van der Waals surface area contributed by atoms with E-state index in [0.29, 0.717) is 27.5 Å². The van der Waals surface area contributed by atoms with Crippen molar-refractivity contribution >= 4 is 39.5 Å². The molecule has 0 spiro atoms. The van der Waals surface area contributed by atoms with Crippen molar-refractivity contribution in [2.45, 2.75) is 19.3 Å². The van der Waals surface area contributed by atoms with Gasteiger partial charge in [0.2, 0.25) is 5.91 Å². The van der Waals surface area contributed by atoms with E-state index in [0.717, 1.165) is 24.8 Å². The number of nitrogens with one attached hydrogen (secondary N) is 3. The number of nitrogens with zero attached hydrogens (tertiary/aromatic N) is 1. The zero-order valence-corrected chi connectivity index (χ0v) is 17.0. The Bertz CT molecular complexity index is 1130. The average molecular weight is 417 g/mol. The summed E-state index contributed by atoms with van der Waals surface area (Å²) < 4.78 is 0. The largest absolute Gasteiger partial charge is 0.376 e. The van der Waals surface area contributed by atoms with Crippen molar-refractivity contribution in [3.63, 3.8) is 0 Å². The molecule has 1 aliphatic rings. The molecular weight excluding hydrogens is 396 g/mol. The number of thiophene rings is 1. The summed E-state index contributed by atoms with van der Waals surface area (Å²) in [6, 6.07) is 18.5. The van der Waals surface area contributed by atoms with Gasteiger partial charge in [0.15, 0.2) is 0 Å². The van der Waals surface area contributed by atoms with Crippen molar-refractivity contribution in [3.8, 4) is 6.07 Å². The molecule has 0 bridgehead atoms. The predicted molar refractivity (Wildman–Crippen MR) is 119 cm³/mol. The Morgan fingerprint density at radius 3 is 2.57 bits per heavy atom. The lowest BCUT2D eigenvalue weighted by Crippen LogP contribution is -2.23. The number of carbonyl (C=O) groups is 2. The number of hydrogen-bond donors (Lipinski definition) is 3. The van der Waals surface area contributed by atoms with Crippen molar-refractivity contribution in [3.05, 3.63) is 76.2 Å². The monoisotopic (exact) mass is 416 g/mol. The van der Waals surface area contributed by atoms with Crippen LogP contribution in [0.3, 0.4) is 0 Å². The molecule has 1 heterocycles. The fourth-order valence-electron chi connectivity index (χ4n) is 3.51. The second-order valence-corrected chi connectivity index (χ2v) is 8.05. The Balaban J connectivity index is 1.41. The van der Waals surface area contributed by atoms with Gasteiger partial charge in [-0.15, -0.1) is 11.3 Å². The number of anilines is 3. The molecule has 2 aromatic carbocycles. The molecule has 0 fully saturated rings. The van der Waals surface area contributed by atoms with Crippen LogP contribution in [0.25, 0.3) is 0 Å². The first kappa shape index (κ1) is 19.7. The molecule has 1 aromatic heterocycles. The third-order valence-corrected chi connectivity index (χ3v) is 6.14. The molecule has 0 atom stereocenters. The highest BCUT2D eigenvalue weighted by Gasteiger charge is 2.23. The van der Waals surface area contributed by atoms with Gasteiger partial charge in [-0.2, -0.15) is 5.26 Å². The highest BCUT2D eigenvalue weighted by atomic mass is 32.1. The first-order valence-corrected chi connectivity index (χ1v) is 10.5. The topological polar surface area (TPSA) is 94.0 Å². The minimum absolute atomic E-state index is 0.0108. The second-order valence-electron chi connectivity index (χ2n) is 6.94. The molecule has 0 unspecified atom stereocenters. The van der Waals surface area contributed by atoms with Crippen molar-refractivity contribution in [2.75, 3.05) is 22.5 Å². The van der Waals surface area contributed by atoms with Gasteiger partial charge in [-0.3, -0.25) is 9.59 Å². The van der Waals surface area contributed by atoms with Gasteiger partial charge >= 0.3 is 0 Å². The van der Waals surface area contributed by atoms with Crippen molar-refractivity contribution < 1.29 is 9.59 Å². The highest BCUT2D eigenvalue weighted by molar-refractivity contribution is 7.16. The van der Waals surface area contributed by atoms with E-state index in [1.54, 1.807) is 24.3 Å². The molecule has 1 aliphatic carbocycles. The lowest BCUT2D eigenvalue weighted by molar-refractivity contribution is -0.114. The van der Waals surface area contributed by atoms with Crippen LogP contribution in [0.15, 0.2) is 54.6 Å². The molecule has 3 aromatic rings. The number of fused-ring (bicyclic) bond motifs is 1. The van der Waals surface area contributed by atoms with E-state index in [4.69, 9.17) is 0 Å². The Hall–Kier alpha value is -3.63. The fraction of sp³-hybridized carbons (Fsp3) is 0.174. The first-order valence-electron chi connectivity index (χ1n) is 9.69. The zero-order chi connectivity index (χ0) is 20.9. The summed E-state index contributed by atoms with van der Waals surface area (Å²) >= 11 is 1.49. The summed E-state index contributed by atoms with van der Waals surface area (Å²) in [6.07, 6.45) is 2.92. The number of para-hydroxylation sites is 2. The van der Waals surface area contributed by atoms with E-state index in [9.17, 15) is 14.9 Å². The molecule has 0 radical (unpaired) electrons. The number of carbonyl (C=O) groups excluding carboxylic acids is 2. The third-order valence-electron chi connectivity index (χ3n) is 4.93. The third kappa shape index (κ3) is 4.19. The number of nitriles is 1. The summed E-state index contributed by atoms with van der Waals surface area (Å²) in [5.41, 5.74) is 3.37. The second kappa shape index (κ2) is 8.80. The first-order chi connectivity index (χ1) is 14.7. The molecule has 3 N–H and O–H groups in total. The number of aryl methyl sites for hydroxylation is 1. The van der Waals surface area contributed by atoms with Crippen LogP contribution < -0.4 is 16.0 Å². The van der Waals surface area contributed by atoms with Gasteiger partial charge in [-0.25, -0.2) is 0 Å². The van der Waals surface area contributed by atoms with Crippen LogP contribution in [0.2, 0.25) is 0 Å². The van der Waals surface area contributed by atoms with Crippen LogP contribution in [0.1, 0.15) is 32.8 Å². The van der Waals surface area contributed by atoms with Gasteiger partial charge in [0.05, 0.1) is 17.7 Å². The lowest BCUT2D eigenvalue weighted by atomic mass is 10.1. The maximum atomic E-state index is 12.6. The summed E-state index contributed by atoms with van der Waals surface area (Å²) in [4.78, 5) is 26.3. The van der Waals surface area contributed by atoms with Crippen molar-refractivity contribution in [2.24, 2.45) is 0 Å². The van der Waals surface area contributed by atoms with E-state index in [1.807, 2.05) is 30.3 Å². The quantitative estimate of drug-likeness (QED) is 0.555. The van der Waals surface area contributed by atoms with Gasteiger partial charge in [-0.05, 0) is 49.1 Å². The summed E-state index contributed by atoms with van der Waals surface area (Å²) in [5.74, 6) is -0.518. The molecule has 0 saturated heterocycles. The zero-order valence-electron chi connectivity index (χ0n) is 16.2. The minimum Gasteiger partial charge on any atom is -0.376 e. The summed E-state index contributed by atoms with van der Waals surface area (Å²) in [7, 11) is 0. The van der Waals surface area contributed by atoms with E-state index in [2.05, 4.69) is 22.0 Å². The van der Waals surface area contributed by atoms with E-state index >= 15 is 0 Å². The average Bonchev–Trinajstić information content (AvgIpc) is 3.34. The maximum absolute atomic E-state index is 12.6. The number of rotatable bonds is 6. The Morgan fingerprint density at radius 1 is 1.00 bits per heavy atom. The normalized spacial score (nSPS) is 12.0. The molecule has 150 valence electrons. The van der Waals surface area contributed by atoms with Gasteiger partial charge < -0.3 is 16.0 Å². The molecule has 30 heavy (non-hydrogen) atoms.